The maximum Gasteiger partial charge on any atom is 0.261 e. The Morgan fingerprint density at radius 3 is 2.86 bits per heavy atom. The minimum atomic E-state index is -3.82. The Labute approximate surface area is 89.7 Å². The zero-order valence-electron chi connectivity index (χ0n) is 7.07. The number of alkyl halides is 1. The smallest absolute Gasteiger partial charge is 0.241 e. The maximum absolute atomic E-state index is 13.0. The van der Waals surface area contributed by atoms with Crippen LogP contribution < -0.4 is 4.72 Å². The van der Waals surface area contributed by atoms with E-state index in [1.165, 1.54) is 12.3 Å². The molecule has 0 spiro atoms. The molecule has 1 heterocycles. The lowest BCUT2D eigenvalue weighted by molar-refractivity contribution is 0.546. The fourth-order valence-electron chi connectivity index (χ4n) is 0.810. The molecule has 0 aliphatic carbocycles. The number of aromatic nitrogens is 1. The number of pyridine rings is 1. The highest BCUT2D eigenvalue weighted by molar-refractivity contribution is 9.09. The Bertz CT molecular complexity index is 410. The van der Waals surface area contributed by atoms with E-state index in [1.54, 1.807) is 0 Å². The van der Waals surface area contributed by atoms with E-state index in [2.05, 4.69) is 25.6 Å². The van der Waals surface area contributed by atoms with Gasteiger partial charge >= 0.3 is 0 Å². The van der Waals surface area contributed by atoms with Crippen LogP contribution in [0.25, 0.3) is 0 Å². The third-order valence-electron chi connectivity index (χ3n) is 1.37. The third-order valence-corrected chi connectivity index (χ3v) is 3.16. The van der Waals surface area contributed by atoms with Gasteiger partial charge in [-0.05, 0) is 12.1 Å². The summed E-state index contributed by atoms with van der Waals surface area (Å²) in [5.41, 5.74) is 0. The number of hydrogen-bond donors (Lipinski definition) is 1. The monoisotopic (exact) mass is 282 g/mol. The summed E-state index contributed by atoms with van der Waals surface area (Å²) in [6.07, 6.45) is 1.23. The van der Waals surface area contributed by atoms with Crippen molar-refractivity contribution in [1.82, 2.24) is 9.71 Å². The summed E-state index contributed by atoms with van der Waals surface area (Å²) in [4.78, 5) is 3.46. The lowest BCUT2D eigenvalue weighted by Crippen LogP contribution is -2.27. The van der Waals surface area contributed by atoms with Crippen molar-refractivity contribution in [1.29, 1.82) is 0 Å². The van der Waals surface area contributed by atoms with Crippen LogP contribution in [0.5, 0.6) is 0 Å². The highest BCUT2D eigenvalue weighted by Gasteiger charge is 2.19. The van der Waals surface area contributed by atoms with Crippen molar-refractivity contribution in [3.8, 4) is 0 Å². The van der Waals surface area contributed by atoms with Crippen LogP contribution in [0.2, 0.25) is 0 Å². The van der Waals surface area contributed by atoms with Gasteiger partial charge in [0.25, 0.3) is 10.0 Å². The Morgan fingerprint density at radius 2 is 2.29 bits per heavy atom. The molecule has 1 N–H and O–H groups in total. The Morgan fingerprint density at radius 1 is 1.57 bits per heavy atom. The van der Waals surface area contributed by atoms with Gasteiger partial charge in [0, 0.05) is 18.1 Å². The molecule has 4 nitrogen and oxygen atoms in total. The molecule has 0 aliphatic rings. The van der Waals surface area contributed by atoms with Crippen molar-refractivity contribution in [3.63, 3.8) is 0 Å². The van der Waals surface area contributed by atoms with E-state index in [9.17, 15) is 12.8 Å². The van der Waals surface area contributed by atoms with Gasteiger partial charge < -0.3 is 0 Å². The molecule has 0 radical (unpaired) electrons. The van der Waals surface area contributed by atoms with Gasteiger partial charge in [0.1, 0.15) is 0 Å². The Hall–Kier alpha value is -0.530. The normalized spacial score (nSPS) is 11.6. The van der Waals surface area contributed by atoms with E-state index in [0.717, 1.165) is 6.07 Å². The van der Waals surface area contributed by atoms with E-state index in [4.69, 9.17) is 0 Å². The van der Waals surface area contributed by atoms with Crippen LogP contribution in [0.4, 0.5) is 4.39 Å². The fourth-order valence-corrected chi connectivity index (χ4v) is 2.30. The zero-order valence-corrected chi connectivity index (χ0v) is 9.48. The summed E-state index contributed by atoms with van der Waals surface area (Å²) in [6, 6.07) is 2.38. The van der Waals surface area contributed by atoms with Crippen LogP contribution >= 0.6 is 15.9 Å². The van der Waals surface area contributed by atoms with Crippen molar-refractivity contribution in [3.05, 3.63) is 24.1 Å². The average Bonchev–Trinajstić information content (AvgIpc) is 2.15. The van der Waals surface area contributed by atoms with E-state index in [-0.39, 0.29) is 6.54 Å². The van der Waals surface area contributed by atoms with Crippen LogP contribution in [0, 0.1) is 5.82 Å². The molecule has 0 saturated carbocycles. The van der Waals surface area contributed by atoms with Crippen LogP contribution in [-0.4, -0.2) is 25.3 Å². The van der Waals surface area contributed by atoms with Gasteiger partial charge in [0.2, 0.25) is 5.03 Å². The molecule has 1 aromatic heterocycles. The lowest BCUT2D eigenvalue weighted by atomic mass is 10.5. The predicted molar refractivity (Wildman–Crippen MR) is 53.2 cm³/mol. The molecule has 7 heteroatoms. The second-order valence-corrected chi connectivity index (χ2v) is 4.85. The van der Waals surface area contributed by atoms with Crippen molar-refractivity contribution >= 4 is 26.0 Å². The lowest BCUT2D eigenvalue weighted by Gasteiger charge is -2.04. The number of nitrogens with one attached hydrogen (secondary N) is 1. The molecule has 0 unspecified atom stereocenters. The Kier molecular flexibility index (Phi) is 3.97. The molecule has 0 bridgehead atoms. The molecule has 0 amide bonds. The summed E-state index contributed by atoms with van der Waals surface area (Å²) < 4.78 is 38.0. The van der Waals surface area contributed by atoms with Gasteiger partial charge in [-0.2, -0.15) is 0 Å². The van der Waals surface area contributed by atoms with Crippen molar-refractivity contribution in [2.24, 2.45) is 0 Å². The van der Waals surface area contributed by atoms with Gasteiger partial charge in [-0.25, -0.2) is 22.5 Å². The summed E-state index contributed by atoms with van der Waals surface area (Å²) >= 11 is 3.05. The summed E-state index contributed by atoms with van der Waals surface area (Å²) in [6.45, 7) is 0.193. The molecular formula is C7H8BrFN2O2S. The molecular weight excluding hydrogens is 275 g/mol. The van der Waals surface area contributed by atoms with E-state index >= 15 is 0 Å². The fraction of sp³-hybridized carbons (Fsp3) is 0.286. The highest BCUT2D eigenvalue weighted by atomic mass is 79.9. The molecule has 0 aliphatic heterocycles. The topological polar surface area (TPSA) is 59.1 Å². The van der Waals surface area contributed by atoms with E-state index < -0.39 is 20.9 Å². The molecule has 78 valence electrons. The van der Waals surface area contributed by atoms with Crippen molar-refractivity contribution in [2.45, 2.75) is 5.03 Å². The minimum Gasteiger partial charge on any atom is -0.241 e. The van der Waals surface area contributed by atoms with Gasteiger partial charge in [0.15, 0.2) is 5.82 Å². The zero-order chi connectivity index (χ0) is 10.6. The van der Waals surface area contributed by atoms with E-state index in [0.29, 0.717) is 5.33 Å². The molecule has 0 saturated heterocycles. The van der Waals surface area contributed by atoms with Gasteiger partial charge in [-0.3, -0.25) is 0 Å². The third kappa shape index (κ3) is 2.73. The van der Waals surface area contributed by atoms with Crippen molar-refractivity contribution in [2.75, 3.05) is 11.9 Å². The van der Waals surface area contributed by atoms with Crippen LogP contribution in [0.3, 0.4) is 0 Å². The molecule has 1 aromatic rings. The molecule has 1 rings (SSSR count). The number of sulfonamides is 1. The summed E-state index contributed by atoms with van der Waals surface area (Å²) in [5, 5.41) is -0.110. The Balaban J connectivity index is 2.99. The standard InChI is InChI=1S/C7H8BrFN2O2S/c8-3-5-11-14(12,13)7-6(9)2-1-4-10-7/h1-2,4,11H,3,5H2. The second kappa shape index (κ2) is 4.81. The van der Waals surface area contributed by atoms with Crippen LogP contribution in [0.15, 0.2) is 23.4 Å². The first-order valence-electron chi connectivity index (χ1n) is 3.74. The molecule has 14 heavy (non-hydrogen) atoms. The number of nitrogens with zero attached hydrogens (tertiary/aromatic N) is 1. The first-order valence-corrected chi connectivity index (χ1v) is 6.34. The number of halogens is 2. The largest absolute Gasteiger partial charge is 0.261 e. The highest BCUT2D eigenvalue weighted by Crippen LogP contribution is 2.09. The molecule has 0 aromatic carbocycles. The minimum absolute atomic E-state index is 0.193. The molecule has 0 fully saturated rings. The van der Waals surface area contributed by atoms with Gasteiger partial charge in [-0.1, -0.05) is 15.9 Å². The maximum atomic E-state index is 13.0. The first kappa shape index (κ1) is 11.5. The quantitative estimate of drug-likeness (QED) is 0.835. The van der Waals surface area contributed by atoms with Crippen LogP contribution in [-0.2, 0) is 10.0 Å². The number of hydrogen-bond acceptors (Lipinski definition) is 3. The molecule has 0 atom stereocenters. The van der Waals surface area contributed by atoms with Gasteiger partial charge in [-0.15, -0.1) is 0 Å². The summed E-state index contributed by atoms with van der Waals surface area (Å²) in [5.74, 6) is -0.852. The van der Waals surface area contributed by atoms with E-state index in [1.807, 2.05) is 0 Å². The SMILES string of the molecule is O=S(=O)(NCCBr)c1ncccc1F. The predicted octanol–water partition coefficient (Wildman–Crippen LogP) is 0.894. The second-order valence-electron chi connectivity index (χ2n) is 2.38. The van der Waals surface area contributed by atoms with Gasteiger partial charge in [0.05, 0.1) is 0 Å². The number of rotatable bonds is 4. The first-order chi connectivity index (χ1) is 6.58. The van der Waals surface area contributed by atoms with Crippen LogP contribution in [0.1, 0.15) is 0 Å². The summed E-state index contributed by atoms with van der Waals surface area (Å²) in [7, 11) is -3.82. The average molecular weight is 283 g/mol. The van der Waals surface area contributed by atoms with Crippen molar-refractivity contribution < 1.29 is 12.8 Å².